The molecule has 5 rings (SSSR count). The van der Waals surface area contributed by atoms with Crippen LogP contribution in [0.4, 0.5) is 0 Å². The molecule has 178 valence electrons. The molecule has 35 heavy (non-hydrogen) atoms. The van der Waals surface area contributed by atoms with Crippen LogP contribution >= 0.6 is 0 Å². The summed E-state index contributed by atoms with van der Waals surface area (Å²) in [6.45, 7) is 5.02. The number of benzene rings is 4. The normalized spacial score (nSPS) is 17.5. The summed E-state index contributed by atoms with van der Waals surface area (Å²) in [5, 5.41) is 15.7. The summed E-state index contributed by atoms with van der Waals surface area (Å²) in [5.41, 5.74) is 3.54. The van der Waals surface area contributed by atoms with Crippen LogP contribution in [0.25, 0.3) is 10.8 Å². The predicted molar refractivity (Wildman–Crippen MR) is 140 cm³/mol. The van der Waals surface area contributed by atoms with Crippen molar-refractivity contribution in [3.63, 3.8) is 0 Å². The maximum absolute atomic E-state index is 11.7. The van der Waals surface area contributed by atoms with Crippen LogP contribution in [0.1, 0.15) is 48.4 Å². The molecule has 0 fully saturated rings. The number of para-hydroxylation sites is 1. The third-order valence-corrected chi connectivity index (χ3v) is 7.22. The van der Waals surface area contributed by atoms with Gasteiger partial charge < -0.3 is 15.2 Å². The molecule has 0 bridgehead atoms. The van der Waals surface area contributed by atoms with Gasteiger partial charge in [0.2, 0.25) is 0 Å². The maximum atomic E-state index is 11.7. The molecule has 0 aromatic heterocycles. The molecule has 0 saturated carbocycles. The largest absolute Gasteiger partial charge is 0.489 e. The number of carbonyl (C=O) groups is 1. The zero-order valence-electron chi connectivity index (χ0n) is 20.2. The van der Waals surface area contributed by atoms with Gasteiger partial charge in [0.05, 0.1) is 5.41 Å². The number of rotatable bonds is 7. The Labute approximate surface area is 206 Å². The van der Waals surface area contributed by atoms with Crippen LogP contribution in [0.5, 0.6) is 5.75 Å². The van der Waals surface area contributed by atoms with E-state index in [2.05, 4.69) is 72.0 Å². The molecular formula is C31H31NO3. The number of hydrogen-bond acceptors (Lipinski definition) is 3. The van der Waals surface area contributed by atoms with Crippen molar-refractivity contribution in [2.75, 3.05) is 6.54 Å². The first-order valence-electron chi connectivity index (χ1n) is 12.2. The summed E-state index contributed by atoms with van der Waals surface area (Å²) < 4.78 is 6.38. The van der Waals surface area contributed by atoms with Crippen LogP contribution in [0.3, 0.4) is 0 Å². The quantitative estimate of drug-likeness (QED) is 0.337. The van der Waals surface area contributed by atoms with E-state index < -0.39 is 11.4 Å². The van der Waals surface area contributed by atoms with Gasteiger partial charge in [-0.15, -0.1) is 0 Å². The standard InChI is InChI=1S/C31H31NO3/c1-31(2,30(33)34)24-16-14-22(15-17-24)28-18-25(35-29-13-6-5-12-27(28)29)20-32-19-23-10-7-9-21-8-3-4-11-26(21)23/h3-17,25,28,32H,18-20H2,1-2H3,(H,33,34)/t25-,28?/m1/s1. The van der Waals surface area contributed by atoms with Crippen molar-refractivity contribution in [1.82, 2.24) is 5.32 Å². The van der Waals surface area contributed by atoms with Crippen molar-refractivity contribution in [1.29, 1.82) is 0 Å². The molecule has 4 aromatic rings. The van der Waals surface area contributed by atoms with Gasteiger partial charge in [-0.1, -0.05) is 84.9 Å². The molecule has 2 N–H and O–H groups in total. The Bertz CT molecular complexity index is 1340. The van der Waals surface area contributed by atoms with Crippen molar-refractivity contribution in [2.45, 2.75) is 44.2 Å². The molecule has 0 radical (unpaired) electrons. The molecule has 0 saturated heterocycles. The Kier molecular flexibility index (Phi) is 6.31. The van der Waals surface area contributed by atoms with E-state index in [9.17, 15) is 9.90 Å². The lowest BCUT2D eigenvalue weighted by atomic mass is 9.80. The molecule has 1 unspecified atom stereocenters. The highest BCUT2D eigenvalue weighted by molar-refractivity contribution is 5.85. The van der Waals surface area contributed by atoms with Gasteiger partial charge in [-0.2, -0.15) is 0 Å². The molecule has 2 atom stereocenters. The van der Waals surface area contributed by atoms with Crippen LogP contribution in [0.2, 0.25) is 0 Å². The molecule has 1 heterocycles. The fourth-order valence-electron chi connectivity index (χ4n) is 5.00. The summed E-state index contributed by atoms with van der Waals surface area (Å²) in [7, 11) is 0. The summed E-state index contributed by atoms with van der Waals surface area (Å²) >= 11 is 0. The molecule has 0 aliphatic carbocycles. The fourth-order valence-corrected chi connectivity index (χ4v) is 5.00. The first kappa shape index (κ1) is 23.1. The highest BCUT2D eigenvalue weighted by Gasteiger charge is 2.31. The fraction of sp³-hybridized carbons (Fsp3) is 0.258. The van der Waals surface area contributed by atoms with Crippen LogP contribution in [0.15, 0.2) is 91.0 Å². The van der Waals surface area contributed by atoms with E-state index in [1.165, 1.54) is 27.5 Å². The Morgan fingerprint density at radius 1 is 0.943 bits per heavy atom. The number of ether oxygens (including phenoxy) is 1. The van der Waals surface area contributed by atoms with E-state index in [0.29, 0.717) is 0 Å². The average molecular weight is 466 g/mol. The Morgan fingerprint density at radius 2 is 1.66 bits per heavy atom. The minimum absolute atomic E-state index is 0.0417. The van der Waals surface area contributed by atoms with Gasteiger partial charge in [0.15, 0.2) is 0 Å². The minimum Gasteiger partial charge on any atom is -0.489 e. The topological polar surface area (TPSA) is 58.6 Å². The third kappa shape index (κ3) is 4.67. The smallest absolute Gasteiger partial charge is 0.313 e. The number of carboxylic acid groups (broad SMARTS) is 1. The number of carboxylic acids is 1. The van der Waals surface area contributed by atoms with Crippen molar-refractivity contribution in [2.24, 2.45) is 0 Å². The Morgan fingerprint density at radius 3 is 2.46 bits per heavy atom. The van der Waals surface area contributed by atoms with E-state index in [-0.39, 0.29) is 12.0 Å². The molecule has 4 aromatic carbocycles. The van der Waals surface area contributed by atoms with Gasteiger partial charge in [0, 0.05) is 24.6 Å². The molecule has 1 aliphatic heterocycles. The van der Waals surface area contributed by atoms with Crippen LogP contribution in [0, 0.1) is 0 Å². The summed E-state index contributed by atoms with van der Waals surface area (Å²) in [5.74, 6) is 0.306. The van der Waals surface area contributed by atoms with E-state index in [0.717, 1.165) is 30.8 Å². The number of nitrogens with one attached hydrogen (secondary N) is 1. The van der Waals surface area contributed by atoms with E-state index in [4.69, 9.17) is 4.74 Å². The summed E-state index contributed by atoms with van der Waals surface area (Å²) in [6, 6.07) is 31.2. The van der Waals surface area contributed by atoms with Gasteiger partial charge in [-0.05, 0) is 53.8 Å². The first-order valence-corrected chi connectivity index (χ1v) is 12.2. The average Bonchev–Trinajstić information content (AvgIpc) is 2.88. The minimum atomic E-state index is -0.916. The van der Waals surface area contributed by atoms with Crippen molar-refractivity contribution < 1.29 is 14.6 Å². The maximum Gasteiger partial charge on any atom is 0.313 e. The van der Waals surface area contributed by atoms with E-state index in [1.807, 2.05) is 24.3 Å². The summed E-state index contributed by atoms with van der Waals surface area (Å²) in [4.78, 5) is 11.7. The lowest BCUT2D eigenvalue weighted by Crippen LogP contribution is -2.35. The SMILES string of the molecule is CC(C)(C(=O)O)c1ccc(C2C[C@H](CNCc3cccc4ccccc34)Oc3ccccc32)cc1. The van der Waals surface area contributed by atoms with Crippen LogP contribution in [-0.2, 0) is 16.8 Å². The lowest BCUT2D eigenvalue weighted by molar-refractivity contribution is -0.142. The molecule has 4 heteroatoms. The zero-order chi connectivity index (χ0) is 24.4. The van der Waals surface area contributed by atoms with Crippen LogP contribution in [-0.4, -0.2) is 23.7 Å². The molecule has 1 aliphatic rings. The van der Waals surface area contributed by atoms with Crippen LogP contribution < -0.4 is 10.1 Å². The second-order valence-electron chi connectivity index (χ2n) is 9.89. The predicted octanol–water partition coefficient (Wildman–Crippen LogP) is 6.27. The van der Waals surface area contributed by atoms with Gasteiger partial charge in [0.25, 0.3) is 0 Å². The Balaban J connectivity index is 1.33. The van der Waals surface area contributed by atoms with Crippen molar-refractivity contribution in [3.05, 3.63) is 113 Å². The highest BCUT2D eigenvalue weighted by Crippen LogP contribution is 2.40. The van der Waals surface area contributed by atoms with Gasteiger partial charge in [0.1, 0.15) is 11.9 Å². The second kappa shape index (κ2) is 9.55. The zero-order valence-corrected chi connectivity index (χ0v) is 20.2. The van der Waals surface area contributed by atoms with E-state index >= 15 is 0 Å². The van der Waals surface area contributed by atoms with Crippen molar-refractivity contribution >= 4 is 16.7 Å². The van der Waals surface area contributed by atoms with Gasteiger partial charge in [-0.25, -0.2) is 0 Å². The van der Waals surface area contributed by atoms with Gasteiger partial charge in [-0.3, -0.25) is 4.79 Å². The summed E-state index contributed by atoms with van der Waals surface area (Å²) in [6.07, 6.45) is 0.904. The van der Waals surface area contributed by atoms with E-state index in [1.54, 1.807) is 13.8 Å². The molecule has 4 nitrogen and oxygen atoms in total. The monoisotopic (exact) mass is 465 g/mol. The third-order valence-electron chi connectivity index (χ3n) is 7.22. The number of fused-ring (bicyclic) bond motifs is 2. The van der Waals surface area contributed by atoms with Crippen molar-refractivity contribution in [3.8, 4) is 5.75 Å². The second-order valence-corrected chi connectivity index (χ2v) is 9.89. The molecular weight excluding hydrogens is 434 g/mol. The molecule has 0 spiro atoms. The molecule has 0 amide bonds. The Hall–Kier alpha value is -3.63. The lowest BCUT2D eigenvalue weighted by Gasteiger charge is -2.33. The number of aliphatic carboxylic acids is 1. The highest BCUT2D eigenvalue weighted by atomic mass is 16.5. The van der Waals surface area contributed by atoms with Gasteiger partial charge >= 0.3 is 5.97 Å². The first-order chi connectivity index (χ1) is 16.9. The number of hydrogen-bond donors (Lipinski definition) is 2.